The van der Waals surface area contributed by atoms with Crippen LogP contribution in [0.2, 0.25) is 0 Å². The summed E-state index contributed by atoms with van der Waals surface area (Å²) in [5.41, 5.74) is 3.67. The first-order chi connectivity index (χ1) is 12.8. The number of aromatic amines is 1. The van der Waals surface area contributed by atoms with Crippen LogP contribution in [0.5, 0.6) is 0 Å². The van der Waals surface area contributed by atoms with Gasteiger partial charge in [0, 0.05) is 20.0 Å². The van der Waals surface area contributed by atoms with Crippen molar-refractivity contribution in [1.82, 2.24) is 9.97 Å². The summed E-state index contributed by atoms with van der Waals surface area (Å²) in [6.07, 6.45) is 1.06. The topological polar surface area (TPSA) is 162 Å². The normalized spacial score (nSPS) is 21.8. The third-order valence-corrected chi connectivity index (χ3v) is 6.20. The van der Waals surface area contributed by atoms with Gasteiger partial charge >= 0.3 is 11.7 Å². The van der Waals surface area contributed by atoms with Gasteiger partial charge in [-0.3, -0.25) is 14.6 Å². The van der Waals surface area contributed by atoms with Gasteiger partial charge in [-0.25, -0.2) is 23.2 Å². The second kappa shape index (κ2) is 7.15. The van der Waals surface area contributed by atoms with Crippen molar-refractivity contribution in [3.63, 3.8) is 0 Å². The fourth-order valence-electron chi connectivity index (χ4n) is 3.11. The first-order valence-corrected chi connectivity index (χ1v) is 9.59. The molecule has 2 rings (SSSR count). The molecule has 10 nitrogen and oxygen atoms in total. The predicted molar refractivity (Wildman–Crippen MR) is 99.9 cm³/mol. The number of esters is 1. The summed E-state index contributed by atoms with van der Waals surface area (Å²) in [6.45, 7) is 6.62. The van der Waals surface area contributed by atoms with Crippen molar-refractivity contribution in [3.05, 3.63) is 44.5 Å². The minimum absolute atomic E-state index is 0.0725. The predicted octanol–water partition coefficient (Wildman–Crippen LogP) is 0.373. The average molecular weight is 408 g/mol. The molecule has 1 aromatic rings. The Bertz CT molecular complexity index is 1130. The molecule has 0 aromatic carbocycles. The highest BCUT2D eigenvalue weighted by Gasteiger charge is 2.46. The molecule has 0 radical (unpaired) electrons. The van der Waals surface area contributed by atoms with Crippen LogP contribution in [-0.2, 0) is 24.2 Å². The van der Waals surface area contributed by atoms with Gasteiger partial charge in [0.05, 0.1) is 16.3 Å². The van der Waals surface area contributed by atoms with Crippen molar-refractivity contribution in [2.45, 2.75) is 45.2 Å². The first kappa shape index (κ1) is 21.2. The average Bonchev–Trinajstić information content (AvgIpc) is 2.56. The minimum atomic E-state index is -4.25. The maximum Gasteiger partial charge on any atom is 0.345 e. The molecule has 0 aliphatic heterocycles. The Balaban J connectivity index is 2.89. The number of nitrogens with zero attached hydrogens (tertiary/aromatic N) is 2. The van der Waals surface area contributed by atoms with Gasteiger partial charge in [-0.15, -0.1) is 0 Å². The summed E-state index contributed by atoms with van der Waals surface area (Å²) in [5.74, 6) is -1.32. The van der Waals surface area contributed by atoms with Crippen molar-refractivity contribution in [1.29, 1.82) is 0 Å². The minimum Gasteiger partial charge on any atom is -0.446 e. The molecule has 1 unspecified atom stereocenters. The number of nitrogens with two attached hydrogens (primary N) is 1. The molecule has 0 bridgehead atoms. The van der Waals surface area contributed by atoms with Gasteiger partial charge in [-0.05, 0) is 38.0 Å². The van der Waals surface area contributed by atoms with Crippen molar-refractivity contribution >= 4 is 27.4 Å². The summed E-state index contributed by atoms with van der Waals surface area (Å²) in [5, 5.41) is -0.396. The van der Waals surface area contributed by atoms with Crippen LogP contribution in [0.1, 0.15) is 34.6 Å². The largest absolute Gasteiger partial charge is 0.446 e. The van der Waals surface area contributed by atoms with Gasteiger partial charge in [0.2, 0.25) is 15.7 Å². The van der Waals surface area contributed by atoms with Crippen LogP contribution in [0.15, 0.2) is 48.8 Å². The third-order valence-electron chi connectivity index (χ3n) is 4.23. The number of hydrogen-bond acceptors (Lipinski definition) is 8. The molecule has 1 aromatic heterocycles. The van der Waals surface area contributed by atoms with E-state index in [1.807, 2.05) is 0 Å². The molecule has 0 saturated carbocycles. The summed E-state index contributed by atoms with van der Waals surface area (Å²) >= 11 is 0. The molecule has 1 heterocycles. The van der Waals surface area contributed by atoms with Gasteiger partial charge in [-0.1, -0.05) is 0 Å². The fourth-order valence-corrected chi connectivity index (χ4v) is 4.81. The van der Waals surface area contributed by atoms with E-state index in [1.54, 1.807) is 0 Å². The second-order valence-corrected chi connectivity index (χ2v) is 8.20. The van der Waals surface area contributed by atoms with Gasteiger partial charge in [0.15, 0.2) is 5.60 Å². The lowest BCUT2D eigenvalue weighted by atomic mass is 9.83. The molecule has 1 atom stereocenters. The van der Waals surface area contributed by atoms with E-state index < -0.39 is 38.0 Å². The van der Waals surface area contributed by atoms with E-state index in [-0.39, 0.29) is 27.5 Å². The van der Waals surface area contributed by atoms with Crippen LogP contribution in [-0.4, -0.2) is 41.6 Å². The van der Waals surface area contributed by atoms with Gasteiger partial charge in [-0.2, -0.15) is 0 Å². The number of aromatic nitrogens is 2. The van der Waals surface area contributed by atoms with Crippen LogP contribution in [0.4, 0.5) is 0 Å². The number of carbonyl (C=O) groups is 2. The number of rotatable bonds is 3. The summed E-state index contributed by atoms with van der Waals surface area (Å²) < 4.78 is 31.7. The van der Waals surface area contributed by atoms with Crippen molar-refractivity contribution in [2.24, 2.45) is 10.7 Å². The quantitative estimate of drug-likeness (QED) is 0.535. The van der Waals surface area contributed by atoms with Crippen LogP contribution in [0.3, 0.4) is 0 Å². The number of allylic oxidation sites excluding steroid dienone is 1. The Morgan fingerprint density at radius 3 is 2.36 bits per heavy atom. The lowest BCUT2D eigenvalue weighted by Gasteiger charge is -2.37. The maximum atomic E-state index is 13.2. The van der Waals surface area contributed by atoms with Crippen molar-refractivity contribution < 1.29 is 22.7 Å². The lowest BCUT2D eigenvalue weighted by molar-refractivity contribution is -0.147. The fraction of sp³-hybridized carbons (Fsp3) is 0.353. The van der Waals surface area contributed by atoms with Crippen LogP contribution < -0.4 is 11.4 Å². The molecule has 0 fully saturated rings. The Morgan fingerprint density at radius 1 is 1.25 bits per heavy atom. The van der Waals surface area contributed by atoms with Crippen molar-refractivity contribution in [3.8, 4) is 0 Å². The first-order valence-electron chi connectivity index (χ1n) is 8.10. The van der Waals surface area contributed by atoms with E-state index >= 15 is 0 Å². The molecule has 3 N–H and O–H groups in total. The van der Waals surface area contributed by atoms with Crippen molar-refractivity contribution in [2.75, 3.05) is 0 Å². The zero-order valence-corrected chi connectivity index (χ0v) is 16.8. The molecule has 0 spiro atoms. The zero-order chi connectivity index (χ0) is 21.4. The molecule has 0 saturated heterocycles. The Labute approximate surface area is 161 Å². The standard InChI is InChI=1S/C17H20N4O6S/c1-8-13(28(25,26)12-6-7-19-16(24)21-12)9(2)15(20-10(3)22)17(5,14(8)18)27-11(4)23/h6-7H,18H2,1-5H3,(H,19,21,24). The highest BCUT2D eigenvalue weighted by Crippen LogP contribution is 2.39. The number of amides is 1. The molecule has 11 heteroatoms. The number of H-pyrrole nitrogens is 1. The molecule has 1 aliphatic carbocycles. The third kappa shape index (κ3) is 3.52. The number of ether oxygens (including phenoxy) is 1. The van der Waals surface area contributed by atoms with E-state index in [9.17, 15) is 22.8 Å². The number of aliphatic imine (C=N–C) groups is 1. The smallest absolute Gasteiger partial charge is 0.345 e. The highest BCUT2D eigenvalue weighted by molar-refractivity contribution is 7.95. The van der Waals surface area contributed by atoms with Gasteiger partial charge in [0.25, 0.3) is 0 Å². The van der Waals surface area contributed by atoms with Gasteiger partial charge < -0.3 is 10.5 Å². The van der Waals surface area contributed by atoms with E-state index in [0.717, 1.165) is 19.2 Å². The molecule has 150 valence electrons. The highest BCUT2D eigenvalue weighted by atomic mass is 32.2. The summed E-state index contributed by atoms with van der Waals surface area (Å²) in [4.78, 5) is 44.0. The van der Waals surface area contributed by atoms with Gasteiger partial charge in [0.1, 0.15) is 5.03 Å². The molecule has 1 aliphatic rings. The molecular formula is C17H20N4O6S. The molecule has 28 heavy (non-hydrogen) atoms. The Kier molecular flexibility index (Phi) is 5.42. The van der Waals surface area contributed by atoms with Crippen LogP contribution >= 0.6 is 0 Å². The summed E-state index contributed by atoms with van der Waals surface area (Å²) in [6, 6.07) is 1.13. The number of hydrogen-bond donors (Lipinski definition) is 2. The molecule has 1 amide bonds. The van der Waals surface area contributed by atoms with Crippen LogP contribution in [0.25, 0.3) is 0 Å². The Hall–Kier alpha value is -3.08. The Morgan fingerprint density at radius 2 is 1.86 bits per heavy atom. The van der Waals surface area contributed by atoms with Crippen LogP contribution in [0, 0.1) is 0 Å². The number of sulfone groups is 1. The van der Waals surface area contributed by atoms with E-state index in [1.165, 1.54) is 27.7 Å². The maximum absolute atomic E-state index is 13.2. The second-order valence-electron chi connectivity index (χ2n) is 6.34. The number of carbonyl (C=O) groups excluding carboxylic acids is 2. The van der Waals surface area contributed by atoms with E-state index in [2.05, 4.69) is 15.0 Å². The monoisotopic (exact) mass is 408 g/mol. The summed E-state index contributed by atoms with van der Waals surface area (Å²) in [7, 11) is -4.25. The SMILES string of the molecule is CC(=O)N=C1C(C)=C(S(=O)(=O)c2ccnc(=O)[nH]2)C(C)=C(N)C1(C)OC(C)=O. The zero-order valence-electron chi connectivity index (χ0n) is 16.0. The van der Waals surface area contributed by atoms with E-state index in [4.69, 9.17) is 10.5 Å². The lowest BCUT2D eigenvalue weighted by Crippen LogP contribution is -2.49. The van der Waals surface area contributed by atoms with E-state index in [0.29, 0.717) is 0 Å². The molecular weight excluding hydrogens is 388 g/mol. The number of nitrogens with one attached hydrogen (secondary N) is 1.